The van der Waals surface area contributed by atoms with E-state index in [2.05, 4.69) is 17.6 Å². The molecule has 0 radical (unpaired) electrons. The Morgan fingerprint density at radius 2 is 2.11 bits per heavy atom. The van der Waals surface area contributed by atoms with Crippen molar-refractivity contribution in [2.75, 3.05) is 19.0 Å². The lowest BCUT2D eigenvalue weighted by Crippen LogP contribution is -2.29. The molecule has 0 saturated carbocycles. The fraction of sp³-hybridized carbons (Fsp3) is 0.500. The topological polar surface area (TPSA) is 50.4 Å². The molecule has 0 saturated heterocycles. The second kappa shape index (κ2) is 7.58. The van der Waals surface area contributed by atoms with Crippen molar-refractivity contribution in [1.82, 2.24) is 5.32 Å². The molecule has 0 spiro atoms. The quantitative estimate of drug-likeness (QED) is 0.761. The first-order valence-corrected chi connectivity index (χ1v) is 6.37. The van der Waals surface area contributed by atoms with Gasteiger partial charge in [0.25, 0.3) is 0 Å². The van der Waals surface area contributed by atoms with E-state index < -0.39 is 0 Å². The van der Waals surface area contributed by atoms with Crippen LogP contribution in [0.5, 0.6) is 5.75 Å². The average Bonchev–Trinajstić information content (AvgIpc) is 2.35. The second-order valence-electron chi connectivity index (χ2n) is 4.29. The Morgan fingerprint density at radius 3 is 2.78 bits per heavy atom. The molecule has 1 rings (SSSR count). The second-order valence-corrected chi connectivity index (χ2v) is 4.29. The molecule has 0 bridgehead atoms. The smallest absolute Gasteiger partial charge is 0.319 e. The molecule has 1 aromatic carbocycles. The van der Waals surface area contributed by atoms with Crippen LogP contribution in [0.3, 0.4) is 0 Å². The van der Waals surface area contributed by atoms with Gasteiger partial charge in [-0.15, -0.1) is 0 Å². The summed E-state index contributed by atoms with van der Waals surface area (Å²) in [5.41, 5.74) is 1.78. The lowest BCUT2D eigenvalue weighted by atomic mass is 10.2. The number of hydrogen-bond acceptors (Lipinski definition) is 2. The number of anilines is 1. The zero-order valence-corrected chi connectivity index (χ0v) is 11.4. The molecular formula is C14H22N2O2. The number of amides is 2. The number of aryl methyl sites for hydroxylation is 1. The van der Waals surface area contributed by atoms with Crippen molar-refractivity contribution in [2.24, 2.45) is 0 Å². The number of rotatable bonds is 6. The molecule has 0 atom stereocenters. The van der Waals surface area contributed by atoms with E-state index in [1.54, 1.807) is 7.11 Å². The van der Waals surface area contributed by atoms with Crippen LogP contribution in [0.1, 0.15) is 31.7 Å². The predicted octanol–water partition coefficient (Wildman–Crippen LogP) is 3.32. The van der Waals surface area contributed by atoms with Crippen LogP contribution >= 0.6 is 0 Å². The van der Waals surface area contributed by atoms with Crippen molar-refractivity contribution in [1.29, 1.82) is 0 Å². The maximum absolute atomic E-state index is 11.7. The highest BCUT2D eigenvalue weighted by Gasteiger charge is 2.06. The summed E-state index contributed by atoms with van der Waals surface area (Å²) < 4.78 is 5.20. The minimum absolute atomic E-state index is 0.185. The Bertz CT molecular complexity index is 391. The van der Waals surface area contributed by atoms with Gasteiger partial charge < -0.3 is 15.4 Å². The first kappa shape index (κ1) is 14.4. The molecule has 2 N–H and O–H groups in total. The van der Waals surface area contributed by atoms with Crippen LogP contribution in [0.4, 0.5) is 10.5 Å². The molecule has 4 nitrogen and oxygen atoms in total. The van der Waals surface area contributed by atoms with E-state index in [1.165, 1.54) is 0 Å². The van der Waals surface area contributed by atoms with Gasteiger partial charge in [-0.3, -0.25) is 0 Å². The van der Waals surface area contributed by atoms with E-state index in [0.29, 0.717) is 18.0 Å². The number of urea groups is 1. The zero-order valence-electron chi connectivity index (χ0n) is 11.4. The summed E-state index contributed by atoms with van der Waals surface area (Å²) in [7, 11) is 1.59. The Kier molecular flexibility index (Phi) is 6.05. The van der Waals surface area contributed by atoms with E-state index in [4.69, 9.17) is 4.74 Å². The Morgan fingerprint density at radius 1 is 1.33 bits per heavy atom. The van der Waals surface area contributed by atoms with Crippen LogP contribution < -0.4 is 15.4 Å². The van der Waals surface area contributed by atoms with Crippen LogP contribution in [0.2, 0.25) is 0 Å². The summed E-state index contributed by atoms with van der Waals surface area (Å²) in [6.45, 7) is 4.81. The van der Waals surface area contributed by atoms with Crippen molar-refractivity contribution >= 4 is 11.7 Å². The molecular weight excluding hydrogens is 228 g/mol. The van der Waals surface area contributed by atoms with Crippen LogP contribution in [-0.4, -0.2) is 19.7 Å². The maximum atomic E-state index is 11.7. The van der Waals surface area contributed by atoms with E-state index >= 15 is 0 Å². The summed E-state index contributed by atoms with van der Waals surface area (Å²) in [6, 6.07) is 5.50. The molecule has 0 aliphatic heterocycles. The molecule has 0 heterocycles. The third-order valence-electron chi connectivity index (χ3n) is 2.67. The Hall–Kier alpha value is -1.71. The highest BCUT2D eigenvalue weighted by Crippen LogP contribution is 2.24. The van der Waals surface area contributed by atoms with Gasteiger partial charge in [0, 0.05) is 6.54 Å². The van der Waals surface area contributed by atoms with Gasteiger partial charge in [-0.05, 0) is 31.0 Å². The van der Waals surface area contributed by atoms with Gasteiger partial charge in [0.05, 0.1) is 12.8 Å². The normalized spacial score (nSPS) is 9.94. The number of carbonyl (C=O) groups is 1. The molecule has 0 fully saturated rings. The fourth-order valence-electron chi connectivity index (χ4n) is 1.66. The summed E-state index contributed by atoms with van der Waals surface area (Å²) in [4.78, 5) is 11.7. The summed E-state index contributed by atoms with van der Waals surface area (Å²) >= 11 is 0. The lowest BCUT2D eigenvalue weighted by molar-refractivity contribution is 0.251. The van der Waals surface area contributed by atoms with Crippen molar-refractivity contribution in [3.63, 3.8) is 0 Å². The monoisotopic (exact) mass is 250 g/mol. The van der Waals surface area contributed by atoms with E-state index in [9.17, 15) is 4.79 Å². The van der Waals surface area contributed by atoms with Crippen LogP contribution in [0.15, 0.2) is 18.2 Å². The molecule has 2 amide bonds. The zero-order chi connectivity index (χ0) is 13.4. The first-order chi connectivity index (χ1) is 8.67. The summed E-state index contributed by atoms with van der Waals surface area (Å²) in [6.07, 6.45) is 3.29. The van der Waals surface area contributed by atoms with Crippen molar-refractivity contribution < 1.29 is 9.53 Å². The SMILES string of the molecule is CCCCCNC(=O)Nc1cc(C)ccc1OC. The number of methoxy groups -OCH3 is 1. The molecule has 0 unspecified atom stereocenters. The Balaban J connectivity index is 2.50. The largest absolute Gasteiger partial charge is 0.495 e. The predicted molar refractivity (Wildman–Crippen MR) is 74.3 cm³/mol. The highest BCUT2D eigenvalue weighted by atomic mass is 16.5. The number of hydrogen-bond donors (Lipinski definition) is 2. The van der Waals surface area contributed by atoms with Crippen LogP contribution in [0.25, 0.3) is 0 Å². The summed E-state index contributed by atoms with van der Waals surface area (Å²) in [5, 5.41) is 5.64. The number of carbonyl (C=O) groups excluding carboxylic acids is 1. The molecule has 0 aliphatic carbocycles. The highest BCUT2D eigenvalue weighted by molar-refractivity contribution is 5.91. The van der Waals surface area contributed by atoms with Crippen molar-refractivity contribution in [2.45, 2.75) is 33.1 Å². The third-order valence-corrected chi connectivity index (χ3v) is 2.67. The lowest BCUT2D eigenvalue weighted by Gasteiger charge is -2.11. The molecule has 0 aliphatic rings. The minimum atomic E-state index is -0.185. The van der Waals surface area contributed by atoms with Crippen molar-refractivity contribution in [3.05, 3.63) is 23.8 Å². The van der Waals surface area contributed by atoms with E-state index in [1.807, 2.05) is 25.1 Å². The van der Waals surface area contributed by atoms with Gasteiger partial charge in [-0.1, -0.05) is 25.8 Å². The maximum Gasteiger partial charge on any atom is 0.319 e. The summed E-state index contributed by atoms with van der Waals surface area (Å²) in [5.74, 6) is 0.671. The van der Waals surface area contributed by atoms with Gasteiger partial charge in [0.2, 0.25) is 0 Å². The fourth-order valence-corrected chi connectivity index (χ4v) is 1.66. The average molecular weight is 250 g/mol. The van der Waals surface area contributed by atoms with Crippen LogP contribution in [0, 0.1) is 6.92 Å². The number of unbranched alkanes of at least 4 members (excludes halogenated alkanes) is 2. The van der Waals surface area contributed by atoms with Gasteiger partial charge in [0.15, 0.2) is 0 Å². The molecule has 4 heteroatoms. The molecule has 1 aromatic rings. The number of ether oxygens (including phenoxy) is 1. The molecule has 100 valence electrons. The Labute approximate surface area is 109 Å². The van der Waals surface area contributed by atoms with Gasteiger partial charge in [0.1, 0.15) is 5.75 Å². The van der Waals surface area contributed by atoms with Crippen LogP contribution in [-0.2, 0) is 0 Å². The minimum Gasteiger partial charge on any atom is -0.495 e. The number of benzene rings is 1. The van der Waals surface area contributed by atoms with E-state index in [-0.39, 0.29) is 6.03 Å². The molecule has 18 heavy (non-hydrogen) atoms. The number of nitrogens with one attached hydrogen (secondary N) is 2. The standard InChI is InChI=1S/C14H22N2O2/c1-4-5-6-9-15-14(17)16-12-10-11(2)7-8-13(12)18-3/h7-8,10H,4-6,9H2,1-3H3,(H2,15,16,17). The van der Waals surface area contributed by atoms with Gasteiger partial charge >= 0.3 is 6.03 Å². The van der Waals surface area contributed by atoms with Crippen molar-refractivity contribution in [3.8, 4) is 5.75 Å². The molecule has 0 aromatic heterocycles. The first-order valence-electron chi connectivity index (χ1n) is 6.37. The third kappa shape index (κ3) is 4.65. The van der Waals surface area contributed by atoms with Gasteiger partial charge in [-0.25, -0.2) is 4.79 Å². The van der Waals surface area contributed by atoms with Gasteiger partial charge in [-0.2, -0.15) is 0 Å². The van der Waals surface area contributed by atoms with E-state index in [0.717, 1.165) is 24.8 Å².